The van der Waals surface area contributed by atoms with Crippen molar-refractivity contribution in [3.05, 3.63) is 76.9 Å². The van der Waals surface area contributed by atoms with E-state index >= 15 is 0 Å². The smallest absolute Gasteiger partial charge is 0.339 e. The van der Waals surface area contributed by atoms with Crippen LogP contribution in [-0.4, -0.2) is 29.4 Å². The van der Waals surface area contributed by atoms with Gasteiger partial charge in [0.05, 0.1) is 13.2 Å². The molecule has 0 spiro atoms. The molecular formula is C21H24O4. The molecule has 0 aliphatic carbocycles. The largest absolute Gasteiger partial charge is 0.496 e. The molecule has 1 unspecified atom stereocenters. The molecule has 132 valence electrons. The Hall–Kier alpha value is -2.59. The molecule has 0 aliphatic rings. The van der Waals surface area contributed by atoms with E-state index in [0.29, 0.717) is 23.3 Å². The van der Waals surface area contributed by atoms with Crippen molar-refractivity contribution in [2.24, 2.45) is 0 Å². The van der Waals surface area contributed by atoms with E-state index in [1.54, 1.807) is 6.92 Å². The SMILES string of the molecule is C=C(C)C(O)Cc1ccc(CCc2ccccc2)c(C(=O)O)c1OC. The standard InChI is InChI=1S/C21H24O4/c1-14(2)18(22)13-17-12-11-16(19(21(23)24)20(17)25-3)10-9-15-7-5-4-6-8-15/h4-8,11-12,18,22H,1,9-10,13H2,2-3H3,(H,23,24). The third-order valence-corrected chi connectivity index (χ3v) is 4.25. The highest BCUT2D eigenvalue weighted by Crippen LogP contribution is 2.30. The van der Waals surface area contributed by atoms with Gasteiger partial charge in [0.25, 0.3) is 0 Å². The number of aryl methyl sites for hydroxylation is 2. The topological polar surface area (TPSA) is 66.8 Å². The number of methoxy groups -OCH3 is 1. The lowest BCUT2D eigenvalue weighted by atomic mass is 9.93. The molecule has 2 aromatic rings. The molecule has 0 aliphatic heterocycles. The van der Waals surface area contributed by atoms with Gasteiger partial charge in [0.15, 0.2) is 0 Å². The van der Waals surface area contributed by atoms with E-state index in [9.17, 15) is 15.0 Å². The minimum Gasteiger partial charge on any atom is -0.496 e. The predicted molar refractivity (Wildman–Crippen MR) is 98.3 cm³/mol. The van der Waals surface area contributed by atoms with Gasteiger partial charge >= 0.3 is 5.97 Å². The van der Waals surface area contributed by atoms with Gasteiger partial charge in [-0.25, -0.2) is 4.79 Å². The minimum atomic E-state index is -1.02. The molecular weight excluding hydrogens is 316 g/mol. The van der Waals surface area contributed by atoms with E-state index in [1.807, 2.05) is 42.5 Å². The molecule has 0 saturated heterocycles. The molecule has 0 saturated carbocycles. The number of aliphatic hydroxyl groups excluding tert-OH is 1. The van der Waals surface area contributed by atoms with Crippen molar-refractivity contribution in [2.45, 2.75) is 32.3 Å². The number of hydrogen-bond donors (Lipinski definition) is 2. The summed E-state index contributed by atoms with van der Waals surface area (Å²) in [5, 5.41) is 19.7. The number of ether oxygens (including phenoxy) is 1. The van der Waals surface area contributed by atoms with Gasteiger partial charge in [-0.2, -0.15) is 0 Å². The fraction of sp³-hybridized carbons (Fsp3) is 0.286. The predicted octanol–water partition coefficient (Wildman–Crippen LogP) is 3.66. The second kappa shape index (κ2) is 8.49. The summed E-state index contributed by atoms with van der Waals surface area (Å²) in [5.74, 6) is -0.704. The van der Waals surface area contributed by atoms with E-state index in [2.05, 4.69) is 6.58 Å². The maximum Gasteiger partial charge on any atom is 0.339 e. The fourth-order valence-corrected chi connectivity index (χ4v) is 2.81. The number of carbonyl (C=O) groups is 1. The molecule has 4 nitrogen and oxygen atoms in total. The zero-order valence-electron chi connectivity index (χ0n) is 14.7. The molecule has 0 amide bonds. The van der Waals surface area contributed by atoms with Gasteiger partial charge < -0.3 is 14.9 Å². The Bertz CT molecular complexity index is 750. The highest BCUT2D eigenvalue weighted by atomic mass is 16.5. The van der Waals surface area contributed by atoms with Crippen LogP contribution in [0.2, 0.25) is 0 Å². The van der Waals surface area contributed by atoms with E-state index in [-0.39, 0.29) is 12.0 Å². The lowest BCUT2D eigenvalue weighted by molar-refractivity contribution is 0.0691. The number of carboxylic acids is 1. The summed E-state index contributed by atoms with van der Waals surface area (Å²) in [5.41, 5.74) is 3.34. The number of aliphatic hydroxyl groups is 1. The van der Waals surface area contributed by atoms with Crippen molar-refractivity contribution in [1.29, 1.82) is 0 Å². The first-order valence-corrected chi connectivity index (χ1v) is 8.23. The van der Waals surface area contributed by atoms with Crippen LogP contribution in [-0.2, 0) is 19.3 Å². The molecule has 2 aromatic carbocycles. The van der Waals surface area contributed by atoms with Crippen LogP contribution in [0.5, 0.6) is 5.75 Å². The van der Waals surface area contributed by atoms with Crippen molar-refractivity contribution < 1.29 is 19.7 Å². The summed E-state index contributed by atoms with van der Waals surface area (Å²) in [6, 6.07) is 13.6. The van der Waals surface area contributed by atoms with Crippen LogP contribution in [0.1, 0.15) is 34.0 Å². The lowest BCUT2D eigenvalue weighted by Crippen LogP contribution is -2.14. The van der Waals surface area contributed by atoms with Gasteiger partial charge in [0, 0.05) is 6.42 Å². The van der Waals surface area contributed by atoms with Gasteiger partial charge in [0.1, 0.15) is 11.3 Å². The van der Waals surface area contributed by atoms with Crippen molar-refractivity contribution in [1.82, 2.24) is 0 Å². The first-order chi connectivity index (χ1) is 11.9. The third-order valence-electron chi connectivity index (χ3n) is 4.25. The van der Waals surface area contributed by atoms with Crippen molar-refractivity contribution in [3.8, 4) is 5.75 Å². The van der Waals surface area contributed by atoms with Crippen LogP contribution in [0.4, 0.5) is 0 Å². The number of hydrogen-bond acceptors (Lipinski definition) is 3. The summed E-state index contributed by atoms with van der Waals surface area (Å²) in [6.45, 7) is 5.48. The Kier molecular flexibility index (Phi) is 6.37. The van der Waals surface area contributed by atoms with E-state index < -0.39 is 12.1 Å². The lowest BCUT2D eigenvalue weighted by Gasteiger charge is -2.17. The van der Waals surface area contributed by atoms with E-state index in [0.717, 1.165) is 17.5 Å². The summed E-state index contributed by atoms with van der Waals surface area (Å²) in [6.07, 6.45) is 0.895. The Morgan fingerprint density at radius 1 is 1.12 bits per heavy atom. The summed E-state index contributed by atoms with van der Waals surface area (Å²) in [7, 11) is 1.46. The molecule has 2 rings (SSSR count). The number of aromatic carboxylic acids is 1. The quantitative estimate of drug-likeness (QED) is 0.720. The summed E-state index contributed by atoms with van der Waals surface area (Å²) in [4.78, 5) is 11.8. The molecule has 0 aromatic heterocycles. The van der Waals surface area contributed by atoms with E-state index in [1.165, 1.54) is 7.11 Å². The zero-order chi connectivity index (χ0) is 18.4. The van der Waals surface area contributed by atoms with Crippen LogP contribution in [0.15, 0.2) is 54.6 Å². The molecule has 0 heterocycles. The second-order valence-corrected chi connectivity index (χ2v) is 6.15. The monoisotopic (exact) mass is 340 g/mol. The third kappa shape index (κ3) is 4.70. The maximum absolute atomic E-state index is 11.8. The van der Waals surface area contributed by atoms with Gasteiger partial charge in [0.2, 0.25) is 0 Å². The first-order valence-electron chi connectivity index (χ1n) is 8.23. The highest BCUT2D eigenvalue weighted by molar-refractivity contribution is 5.93. The number of carboxylic acid groups (broad SMARTS) is 1. The van der Waals surface area contributed by atoms with Crippen LogP contribution in [0, 0.1) is 0 Å². The summed E-state index contributed by atoms with van der Waals surface area (Å²) >= 11 is 0. The second-order valence-electron chi connectivity index (χ2n) is 6.15. The Balaban J connectivity index is 2.34. The van der Waals surface area contributed by atoms with Gasteiger partial charge in [-0.05, 0) is 36.5 Å². The van der Waals surface area contributed by atoms with Crippen LogP contribution >= 0.6 is 0 Å². The Morgan fingerprint density at radius 2 is 1.76 bits per heavy atom. The maximum atomic E-state index is 11.8. The molecule has 2 N–H and O–H groups in total. The van der Waals surface area contributed by atoms with Gasteiger partial charge in [-0.15, -0.1) is 0 Å². The van der Waals surface area contributed by atoms with Crippen LogP contribution < -0.4 is 4.74 Å². The molecule has 0 bridgehead atoms. The minimum absolute atomic E-state index is 0.171. The van der Waals surface area contributed by atoms with Crippen molar-refractivity contribution in [3.63, 3.8) is 0 Å². The average Bonchev–Trinajstić information content (AvgIpc) is 2.60. The molecule has 4 heteroatoms. The number of benzene rings is 2. The molecule has 0 radical (unpaired) electrons. The number of rotatable bonds is 8. The van der Waals surface area contributed by atoms with Crippen LogP contribution in [0.25, 0.3) is 0 Å². The highest BCUT2D eigenvalue weighted by Gasteiger charge is 2.21. The molecule has 25 heavy (non-hydrogen) atoms. The van der Waals surface area contributed by atoms with Crippen molar-refractivity contribution >= 4 is 5.97 Å². The fourth-order valence-electron chi connectivity index (χ4n) is 2.81. The first kappa shape index (κ1) is 18.7. The van der Waals surface area contributed by atoms with Gasteiger partial charge in [-0.1, -0.05) is 54.6 Å². The van der Waals surface area contributed by atoms with Crippen LogP contribution in [0.3, 0.4) is 0 Å². The molecule has 1 atom stereocenters. The Labute approximate surface area is 148 Å². The van der Waals surface area contributed by atoms with Crippen molar-refractivity contribution in [2.75, 3.05) is 7.11 Å². The summed E-state index contributed by atoms with van der Waals surface area (Å²) < 4.78 is 5.39. The zero-order valence-corrected chi connectivity index (χ0v) is 14.7. The average molecular weight is 340 g/mol. The normalized spacial score (nSPS) is 11.8. The van der Waals surface area contributed by atoms with Gasteiger partial charge in [-0.3, -0.25) is 0 Å². The molecule has 0 fully saturated rings. The Morgan fingerprint density at radius 3 is 2.32 bits per heavy atom. The van der Waals surface area contributed by atoms with E-state index in [4.69, 9.17) is 4.74 Å².